The van der Waals surface area contributed by atoms with Crippen LogP contribution < -0.4 is 0 Å². The number of aliphatic hydroxyl groups is 1. The lowest BCUT2D eigenvalue weighted by Gasteiger charge is -2.24. The highest BCUT2D eigenvalue weighted by atomic mass is 31.2. The summed E-state index contributed by atoms with van der Waals surface area (Å²) in [5.74, 6) is -0.755. The van der Waals surface area contributed by atoms with Crippen LogP contribution in [0.4, 0.5) is 0 Å². The predicted octanol–water partition coefficient (Wildman–Crippen LogP) is -0.233. The average molecular weight is 352 g/mol. The summed E-state index contributed by atoms with van der Waals surface area (Å²) >= 11 is 0. The molecular weight excluding hydrogens is 329 g/mol. The van der Waals surface area contributed by atoms with Crippen molar-refractivity contribution in [2.45, 2.75) is 6.10 Å². The minimum Gasteiger partial charge on any atom is -0.457 e. The van der Waals surface area contributed by atoms with Gasteiger partial charge in [-0.1, -0.05) is 0 Å². The number of phosphoric ester groups is 1. The van der Waals surface area contributed by atoms with Crippen LogP contribution in [0.1, 0.15) is 10.6 Å². The molecule has 3 N–H and O–H groups in total. The van der Waals surface area contributed by atoms with Crippen LogP contribution in [0, 0.1) is 0 Å². The van der Waals surface area contributed by atoms with Crippen LogP contribution in [0.25, 0.3) is 0 Å². The van der Waals surface area contributed by atoms with Crippen LogP contribution in [-0.2, 0) is 18.3 Å². The number of ether oxygens (including phenoxy) is 1. The molecule has 0 spiro atoms. The van der Waals surface area contributed by atoms with Crippen molar-refractivity contribution in [3.63, 3.8) is 0 Å². The van der Waals surface area contributed by atoms with Gasteiger partial charge in [-0.15, -0.1) is 0 Å². The van der Waals surface area contributed by atoms with Crippen LogP contribution >= 0.6 is 7.82 Å². The van der Waals surface area contributed by atoms with Gasteiger partial charge in [0.15, 0.2) is 0 Å². The molecule has 0 aliphatic heterocycles. The second kappa shape index (κ2) is 8.53. The average Bonchev–Trinajstić information content (AvgIpc) is 2.95. The van der Waals surface area contributed by atoms with E-state index in [1.54, 1.807) is 0 Å². The molecule has 2 atom stereocenters. The molecule has 1 aromatic rings. The summed E-state index contributed by atoms with van der Waals surface area (Å²) in [7, 11) is 1.46. The molecule has 1 rings (SSSR count). The third-order valence-corrected chi connectivity index (χ3v) is 3.53. The standard InChI is InChI=1S/C12H22N3O7P/c1-15(2,3)6-7-21-23(18,19)22-9-10(16)8-20-12(17)11-13-4-5-14-11/h4-5,10,16H,6-9H2,1-3H3,(H-,13,14,17,18,19)/p+1/t10-/m0/s1. The molecule has 11 heteroatoms. The highest BCUT2D eigenvalue weighted by molar-refractivity contribution is 7.47. The van der Waals surface area contributed by atoms with Crippen LogP contribution in [0.3, 0.4) is 0 Å². The Kier molecular flexibility index (Phi) is 7.33. The van der Waals surface area contributed by atoms with E-state index in [9.17, 15) is 19.4 Å². The number of hydrogen-bond donors (Lipinski definition) is 3. The number of carbonyl (C=O) groups is 1. The molecule has 1 unspecified atom stereocenters. The fourth-order valence-corrected chi connectivity index (χ4v) is 2.06. The predicted molar refractivity (Wildman–Crippen MR) is 79.5 cm³/mol. The van der Waals surface area contributed by atoms with E-state index in [-0.39, 0.29) is 12.4 Å². The molecule has 0 aromatic carbocycles. The number of carbonyl (C=O) groups excluding carboxylic acids is 1. The van der Waals surface area contributed by atoms with Crippen molar-refractivity contribution >= 4 is 13.8 Å². The Morgan fingerprint density at radius 1 is 1.39 bits per heavy atom. The quantitative estimate of drug-likeness (QED) is 0.299. The maximum absolute atomic E-state index is 11.6. The Bertz CT molecular complexity index is 529. The molecule has 1 aromatic heterocycles. The number of H-pyrrole nitrogens is 1. The molecule has 0 fully saturated rings. The van der Waals surface area contributed by atoms with Gasteiger partial charge in [0, 0.05) is 12.4 Å². The second-order valence-electron chi connectivity index (χ2n) is 5.80. The fraction of sp³-hybridized carbons (Fsp3) is 0.667. The van der Waals surface area contributed by atoms with Gasteiger partial charge in [-0.25, -0.2) is 14.3 Å². The SMILES string of the molecule is C[N+](C)(C)CCOP(=O)(O)OC[C@@H](O)COC(=O)c1ncc[nH]1. The zero-order valence-corrected chi connectivity index (χ0v) is 14.2. The number of quaternary nitrogens is 1. The van der Waals surface area contributed by atoms with Crippen molar-refractivity contribution < 1.29 is 37.6 Å². The Balaban J connectivity index is 2.24. The van der Waals surface area contributed by atoms with Crippen molar-refractivity contribution in [2.24, 2.45) is 0 Å². The first-order chi connectivity index (χ1) is 10.6. The zero-order valence-electron chi connectivity index (χ0n) is 13.3. The number of hydrogen-bond acceptors (Lipinski definition) is 7. The van der Waals surface area contributed by atoms with Crippen LogP contribution in [-0.4, -0.2) is 84.0 Å². The molecule has 0 bridgehead atoms. The van der Waals surface area contributed by atoms with Gasteiger partial charge in [-0.05, 0) is 0 Å². The van der Waals surface area contributed by atoms with E-state index in [1.165, 1.54) is 12.4 Å². The first-order valence-corrected chi connectivity index (χ1v) is 8.35. The number of esters is 1. The third kappa shape index (κ3) is 8.80. The van der Waals surface area contributed by atoms with Gasteiger partial charge < -0.3 is 24.2 Å². The molecule has 23 heavy (non-hydrogen) atoms. The van der Waals surface area contributed by atoms with E-state index in [0.717, 1.165) is 0 Å². The number of aliphatic hydroxyl groups excluding tert-OH is 1. The number of aromatic nitrogens is 2. The lowest BCUT2D eigenvalue weighted by atomic mass is 10.4. The van der Waals surface area contributed by atoms with Crippen molar-refractivity contribution in [3.8, 4) is 0 Å². The van der Waals surface area contributed by atoms with Crippen molar-refractivity contribution in [3.05, 3.63) is 18.2 Å². The maximum Gasteiger partial charge on any atom is 0.472 e. The molecule has 0 radical (unpaired) electrons. The highest BCUT2D eigenvalue weighted by Gasteiger charge is 2.24. The van der Waals surface area contributed by atoms with Gasteiger partial charge in [-0.3, -0.25) is 9.05 Å². The van der Waals surface area contributed by atoms with Crippen molar-refractivity contribution in [2.75, 3.05) is 47.5 Å². The van der Waals surface area contributed by atoms with Gasteiger partial charge in [-0.2, -0.15) is 0 Å². The van der Waals surface area contributed by atoms with Crippen LogP contribution in [0.2, 0.25) is 0 Å². The molecule has 0 aliphatic carbocycles. The number of nitrogens with zero attached hydrogens (tertiary/aromatic N) is 2. The summed E-state index contributed by atoms with van der Waals surface area (Å²) in [6.07, 6.45) is 1.56. The minimum absolute atomic E-state index is 0.00501. The first kappa shape index (κ1) is 19.8. The monoisotopic (exact) mass is 352 g/mol. The first-order valence-electron chi connectivity index (χ1n) is 6.86. The Morgan fingerprint density at radius 3 is 2.65 bits per heavy atom. The number of rotatable bonds is 10. The summed E-state index contributed by atoms with van der Waals surface area (Å²) < 4.78 is 26.3. The number of likely N-dealkylation sites (N-methyl/N-ethyl adjacent to an activating group) is 1. The Hall–Kier alpha value is -1.29. The molecule has 1 heterocycles. The zero-order chi connectivity index (χ0) is 17.5. The maximum atomic E-state index is 11.6. The fourth-order valence-electron chi connectivity index (χ4n) is 1.31. The van der Waals surface area contributed by atoms with E-state index in [0.29, 0.717) is 11.0 Å². The van der Waals surface area contributed by atoms with Gasteiger partial charge >= 0.3 is 13.8 Å². The summed E-state index contributed by atoms with van der Waals surface area (Å²) in [5, 5.41) is 9.59. The minimum atomic E-state index is -4.26. The molecule has 10 nitrogen and oxygen atoms in total. The number of nitrogens with one attached hydrogen (secondary N) is 1. The van der Waals surface area contributed by atoms with Crippen molar-refractivity contribution in [1.82, 2.24) is 9.97 Å². The molecule has 0 saturated heterocycles. The summed E-state index contributed by atoms with van der Waals surface area (Å²) in [5.41, 5.74) is 0. The lowest BCUT2D eigenvalue weighted by molar-refractivity contribution is -0.870. The van der Waals surface area contributed by atoms with Crippen molar-refractivity contribution in [1.29, 1.82) is 0 Å². The van der Waals surface area contributed by atoms with Gasteiger partial charge in [0.1, 0.15) is 25.9 Å². The van der Waals surface area contributed by atoms with E-state index in [1.807, 2.05) is 21.1 Å². The Labute approximate surface area is 134 Å². The topological polar surface area (TPSA) is 131 Å². The third-order valence-electron chi connectivity index (χ3n) is 2.54. The summed E-state index contributed by atoms with van der Waals surface area (Å²) in [4.78, 5) is 27.1. The van der Waals surface area contributed by atoms with E-state index >= 15 is 0 Å². The van der Waals surface area contributed by atoms with E-state index in [4.69, 9.17) is 9.26 Å². The van der Waals surface area contributed by atoms with E-state index < -0.39 is 33.1 Å². The summed E-state index contributed by atoms with van der Waals surface area (Å²) in [6, 6.07) is 0. The summed E-state index contributed by atoms with van der Waals surface area (Å²) in [6.45, 7) is -0.375. The smallest absolute Gasteiger partial charge is 0.457 e. The number of phosphoric acid groups is 1. The van der Waals surface area contributed by atoms with Crippen LogP contribution in [0.15, 0.2) is 12.4 Å². The van der Waals surface area contributed by atoms with E-state index in [2.05, 4.69) is 14.5 Å². The van der Waals surface area contributed by atoms with Gasteiger partial charge in [0.2, 0.25) is 5.82 Å². The molecular formula is C12H23N3O7P+. The Morgan fingerprint density at radius 2 is 2.09 bits per heavy atom. The largest absolute Gasteiger partial charge is 0.472 e. The van der Waals surface area contributed by atoms with Gasteiger partial charge in [0.05, 0.1) is 27.7 Å². The number of imidazole rings is 1. The molecule has 132 valence electrons. The molecule has 0 aliphatic rings. The molecule has 0 saturated carbocycles. The van der Waals surface area contributed by atoms with Gasteiger partial charge in [0.25, 0.3) is 0 Å². The molecule has 0 amide bonds. The second-order valence-corrected chi connectivity index (χ2v) is 7.26. The van der Waals surface area contributed by atoms with Crippen LogP contribution in [0.5, 0.6) is 0 Å². The highest BCUT2D eigenvalue weighted by Crippen LogP contribution is 2.43. The number of aromatic amines is 1. The normalized spacial score (nSPS) is 15.9. The lowest BCUT2D eigenvalue weighted by Crippen LogP contribution is -2.37.